The van der Waals surface area contributed by atoms with Crippen LogP contribution < -0.4 is 13.6 Å². The number of phenolic OH excluding ortho intramolecular Hbond substituents is 4. The van der Waals surface area contributed by atoms with Gasteiger partial charge in [0.2, 0.25) is 5.78 Å². The Bertz CT molecular complexity index is 6020. The number of phenols is 4. The van der Waals surface area contributed by atoms with Gasteiger partial charge in [0.25, 0.3) is 16.6 Å². The van der Waals surface area contributed by atoms with Crippen molar-refractivity contribution in [3.63, 3.8) is 0 Å². The second kappa shape index (κ2) is 49.8. The average Bonchev–Trinajstić information content (AvgIpc) is 1.66. The molecule has 0 radical (unpaired) electrons. The molecule has 0 amide bonds. The lowest BCUT2D eigenvalue weighted by Gasteiger charge is -2.36. The molecule has 131 heavy (non-hydrogen) atoms. The van der Waals surface area contributed by atoms with Gasteiger partial charge < -0.3 is 53.8 Å². The van der Waals surface area contributed by atoms with Crippen molar-refractivity contribution in [2.75, 3.05) is 0 Å². The highest BCUT2D eigenvalue weighted by Gasteiger charge is 2.41. The van der Waals surface area contributed by atoms with E-state index in [0.717, 1.165) is 89.5 Å². The largest absolute Gasteiger partial charge is 0.542 e. The number of pyridine rings is 4. The number of hydrogen-bond acceptors (Lipinski definition) is 18. The molecule has 0 saturated carbocycles. The summed E-state index contributed by atoms with van der Waals surface area (Å²) < 4.78 is 206. The van der Waals surface area contributed by atoms with Gasteiger partial charge in [0.1, 0.15) is 75.2 Å². The van der Waals surface area contributed by atoms with Gasteiger partial charge in [-0.05, 0) is 166 Å². The van der Waals surface area contributed by atoms with Gasteiger partial charge in [-0.15, -0.1) is 0 Å². The van der Waals surface area contributed by atoms with Crippen LogP contribution in [-0.2, 0) is 4.74 Å². The van der Waals surface area contributed by atoms with E-state index in [-0.39, 0.29) is 104 Å². The maximum Gasteiger partial charge on any atom is 0.514 e. The third-order valence-corrected chi connectivity index (χ3v) is 27.4. The summed E-state index contributed by atoms with van der Waals surface area (Å²) in [5.74, 6) is -17.7. The first-order valence-corrected chi connectivity index (χ1v) is 42.5. The highest BCUT2D eigenvalue weighted by atomic mass is 28.4. The lowest BCUT2D eigenvalue weighted by molar-refractivity contribution is 0.0196. The number of ketones is 1. The molecule has 0 bridgehead atoms. The molecule has 7 N–H and O–H groups in total. The molecule has 0 spiro atoms. The fourth-order valence-electron chi connectivity index (χ4n) is 10.1. The summed E-state index contributed by atoms with van der Waals surface area (Å²) in [5.41, 5.74) is -0.109. The molecule has 0 saturated heterocycles. The summed E-state index contributed by atoms with van der Waals surface area (Å²) in [7, 11) is -4.27. The molecule has 0 fully saturated rings. The molecule has 6 heterocycles. The van der Waals surface area contributed by atoms with Gasteiger partial charge in [-0.1, -0.05) is 106 Å². The summed E-state index contributed by atoms with van der Waals surface area (Å²) in [6, 6.07) is 25.9. The maximum atomic E-state index is 14.2. The number of rotatable bonds is 14. The third kappa shape index (κ3) is 30.2. The quantitative estimate of drug-likeness (QED) is 0.0133. The van der Waals surface area contributed by atoms with E-state index in [1.165, 1.54) is 30.6 Å². The number of benzene rings is 7. The van der Waals surface area contributed by atoms with Crippen molar-refractivity contribution in [1.82, 2.24) is 29.9 Å². The molecule has 0 aliphatic heterocycles. The number of nitrogens with zero attached hydrogens (tertiary/aromatic N) is 4. The Labute approximate surface area is 753 Å². The van der Waals surface area contributed by atoms with Gasteiger partial charge in [-0.2, -0.15) is 0 Å². The minimum atomic E-state index is -2.21. The third-order valence-electron chi connectivity index (χ3n) is 18.7. The number of H-pyrrole nitrogens is 2. The fraction of sp³-hybridized carbons (Fsp3) is 0.253. The minimum Gasteiger partial charge on any atom is -0.542 e. The van der Waals surface area contributed by atoms with E-state index in [0.29, 0.717) is 33.7 Å². The number of carbonyl (C=O) groups excluding carboxylic acids is 5. The summed E-state index contributed by atoms with van der Waals surface area (Å²) in [6.45, 7) is 25.0. The molecule has 13 rings (SSSR count). The van der Waals surface area contributed by atoms with E-state index in [4.69, 9.17) is 23.8 Å². The van der Waals surface area contributed by atoms with E-state index in [2.05, 4.69) is 55.4 Å². The van der Waals surface area contributed by atoms with Crippen LogP contribution >= 0.6 is 0 Å². The molecule has 36 heteroatoms. The summed E-state index contributed by atoms with van der Waals surface area (Å²) in [4.78, 5) is 77.4. The van der Waals surface area contributed by atoms with Crippen LogP contribution in [0.25, 0.3) is 44.3 Å². The molecule has 1 unspecified atom stereocenters. The van der Waals surface area contributed by atoms with E-state index >= 15 is 0 Å². The van der Waals surface area contributed by atoms with E-state index in [9.17, 15) is 101 Å². The average molecular weight is 1880 g/mol. The van der Waals surface area contributed by atoms with E-state index in [1.54, 1.807) is 82.2 Å². The van der Waals surface area contributed by atoms with Crippen LogP contribution in [0.5, 0.6) is 40.2 Å². The van der Waals surface area contributed by atoms with Crippen LogP contribution in [0.3, 0.4) is 0 Å². The minimum absolute atomic E-state index is 0. The standard InChI is InChI=1S/C19H13F2N3O2.C19H11F2N3O2.C13H18F2O2Si.C12H12F2O4.C12H18F2OSi.C7H4F2O2.C6H4F2O.7CH4/c2*20-14-3-4-15(25)17(21)16(14)18(26)13-9-24-19-12(13)6-11(8-23-19)10-2-1-5-22-7-10;1-13(2,3)18(4,5)17-11-7-6-10(14)9(8-16)12(11)15;1-12(2,3)18-11(16)17-9-5-4-8(13)7(6-15)10(9)14;1-12(2,3)16(4,5)15-11-7-6-9(13)8-10(11)14;8-5-1-2-6(11)7(9)4(5)3-10;7-4-1-2-6(9)5(8)3-4;;;;;;;/h1-9,18,25-26H,(H,23,24);1-9,25H,(H,23,24);6-8H,1-5H3;4-6H,1-3H3;6-8H,1-5H3;1-3,11H;1-3,9H;7*1H4. The number of ether oxygens (including phenoxy) is 2. The Morgan fingerprint density at radius 3 is 1.24 bits per heavy atom. The summed E-state index contributed by atoms with van der Waals surface area (Å²) in [5, 5.41) is 47.5. The number of aromatic nitrogens is 6. The van der Waals surface area contributed by atoms with Gasteiger partial charge in [0, 0.05) is 106 Å². The van der Waals surface area contributed by atoms with E-state index in [1.807, 2.05) is 59.1 Å². The smallest absolute Gasteiger partial charge is 0.514 e. The zero-order valence-corrected chi connectivity index (χ0v) is 70.1. The molecular weight excluding hydrogens is 1770 g/mol. The SMILES string of the molecule is C.C.C.C.C.C.C.CC(C)(C)OC(=O)Oc1ccc(F)c(C=O)c1F.CC(C)(C)[Si](C)(C)Oc1ccc(F)c(C=O)c1F.CC(C)(C)[Si](C)(C)Oc1ccc(F)cc1F.O=C(c1c(F)ccc(O)c1F)c1c[nH]c2ncc(-c3cccnc3)cc12.O=Cc1c(F)ccc(O)c1F.Oc1ccc(F)c(C(O)c2c[nH]c3ncc(-c4cccnc4)cc23)c1F.Oc1ccc(F)cc1F. The number of fused-ring (bicyclic) bond motifs is 2. The lowest BCUT2D eigenvalue weighted by atomic mass is 9.99. The molecule has 1 atom stereocenters. The van der Waals surface area contributed by atoms with Gasteiger partial charge in [0.15, 0.2) is 88.3 Å². The molecule has 7 aromatic carbocycles. The highest BCUT2D eigenvalue weighted by molar-refractivity contribution is 6.75. The number of halogens is 14. The Morgan fingerprint density at radius 1 is 0.412 bits per heavy atom. The predicted molar refractivity (Wildman–Crippen MR) is 483 cm³/mol. The fourth-order valence-corrected chi connectivity index (χ4v) is 12.1. The van der Waals surface area contributed by atoms with Crippen molar-refractivity contribution in [1.29, 1.82) is 0 Å². The first kappa shape index (κ1) is 117. The van der Waals surface area contributed by atoms with Gasteiger partial charge >= 0.3 is 6.16 Å². The van der Waals surface area contributed by atoms with Gasteiger partial charge in [-0.25, -0.2) is 76.2 Å². The van der Waals surface area contributed by atoms with Crippen LogP contribution in [0.15, 0.2) is 183 Å². The lowest BCUT2D eigenvalue weighted by Crippen LogP contribution is -2.44. The monoisotopic (exact) mass is 1880 g/mol. The van der Waals surface area contributed by atoms with Crippen molar-refractivity contribution in [2.45, 2.75) is 162 Å². The number of aromatic hydroxyl groups is 4. The summed E-state index contributed by atoms with van der Waals surface area (Å²) >= 11 is 0. The molecule has 13 aromatic rings. The Morgan fingerprint density at radius 2 is 0.802 bits per heavy atom. The number of hydrogen-bond donors (Lipinski definition) is 7. The van der Waals surface area contributed by atoms with Crippen molar-refractivity contribution < 1.29 is 129 Å². The van der Waals surface area contributed by atoms with Crippen molar-refractivity contribution in [2.24, 2.45) is 0 Å². The van der Waals surface area contributed by atoms with Crippen LogP contribution in [0.2, 0.25) is 36.3 Å². The zero-order chi connectivity index (χ0) is 92.4. The number of aliphatic hydroxyl groups excluding tert-OH is 1. The number of aliphatic hydroxyl groups is 1. The Balaban J connectivity index is 0.00000153. The molecule has 20 nitrogen and oxygen atoms in total. The normalized spacial score (nSPS) is 10.9. The highest BCUT2D eigenvalue weighted by Crippen LogP contribution is 2.42. The Hall–Kier alpha value is -13.6. The molecule has 6 aromatic heterocycles. The van der Waals surface area contributed by atoms with Gasteiger partial charge in [-0.3, -0.25) is 29.1 Å². The predicted octanol–water partition coefficient (Wildman–Crippen LogP) is 26.7. The second-order valence-corrected chi connectivity index (χ2v) is 40.1. The van der Waals surface area contributed by atoms with Gasteiger partial charge in [0.05, 0.1) is 27.8 Å². The van der Waals surface area contributed by atoms with E-state index < -0.39 is 178 Å². The number of carbonyl (C=O) groups is 5. The summed E-state index contributed by atoms with van der Waals surface area (Å²) in [6.07, 6.45) is 10.1. The molecular formula is C95H108F14N6O14Si2. The van der Waals surface area contributed by atoms with Crippen LogP contribution in [0, 0.1) is 81.4 Å². The first-order valence-electron chi connectivity index (χ1n) is 36.6. The van der Waals surface area contributed by atoms with Crippen molar-refractivity contribution in [3.05, 3.63) is 303 Å². The van der Waals surface area contributed by atoms with Crippen LogP contribution in [0.1, 0.15) is 179 Å². The number of aldehydes is 3. The Kier molecular flexibility index (Phi) is 44.6. The van der Waals surface area contributed by atoms with Crippen molar-refractivity contribution >= 4 is 69.5 Å². The number of nitrogens with one attached hydrogen (secondary N) is 2. The van der Waals surface area contributed by atoms with Crippen LogP contribution in [0.4, 0.5) is 66.3 Å². The second-order valence-electron chi connectivity index (χ2n) is 30.6. The topological polar surface area (TPSA) is 307 Å². The number of aromatic amines is 2. The molecule has 0 aliphatic carbocycles. The molecule has 0 aliphatic rings. The van der Waals surface area contributed by atoms with Crippen LogP contribution in [-0.4, -0.2) is 108 Å². The zero-order valence-electron chi connectivity index (χ0n) is 68.1. The first-order chi connectivity index (χ1) is 58.0. The van der Waals surface area contributed by atoms with Crippen molar-refractivity contribution in [3.8, 4) is 62.5 Å². The maximum absolute atomic E-state index is 14.2. The molecule has 708 valence electrons.